The Bertz CT molecular complexity index is 908. The number of thiophene rings is 1. The summed E-state index contributed by atoms with van der Waals surface area (Å²) in [6.45, 7) is 2.23. The molecule has 1 aromatic heterocycles. The topological polar surface area (TPSA) is 59.6 Å². The van der Waals surface area contributed by atoms with E-state index in [-0.39, 0.29) is 18.5 Å². The fourth-order valence-electron chi connectivity index (χ4n) is 2.89. The predicted molar refractivity (Wildman–Crippen MR) is 114 cm³/mol. The number of ether oxygens (including phenoxy) is 2. The third-order valence-corrected chi connectivity index (χ3v) is 5.33. The molecule has 146 valence electrons. The summed E-state index contributed by atoms with van der Waals surface area (Å²) in [6, 6.07) is 17.7. The van der Waals surface area contributed by atoms with Crippen molar-refractivity contribution in [2.24, 2.45) is 0 Å². The lowest BCUT2D eigenvalue weighted by atomic mass is 10.0. The number of anilines is 1. The molecule has 1 amide bonds. The molecule has 0 bridgehead atoms. The van der Waals surface area contributed by atoms with Crippen molar-refractivity contribution in [2.45, 2.75) is 13.0 Å². The van der Waals surface area contributed by atoms with Crippen molar-refractivity contribution in [1.82, 2.24) is 5.32 Å². The molecule has 5 nitrogen and oxygen atoms in total. The van der Waals surface area contributed by atoms with Gasteiger partial charge in [0.05, 0.1) is 32.5 Å². The van der Waals surface area contributed by atoms with E-state index in [2.05, 4.69) is 47.9 Å². The average Bonchev–Trinajstić information content (AvgIpc) is 3.24. The van der Waals surface area contributed by atoms with Crippen LogP contribution in [0, 0.1) is 6.92 Å². The zero-order chi connectivity index (χ0) is 19.9. The lowest BCUT2D eigenvalue weighted by molar-refractivity contribution is -0.115. The Labute approximate surface area is 169 Å². The van der Waals surface area contributed by atoms with Crippen molar-refractivity contribution in [3.8, 4) is 11.5 Å². The number of amides is 1. The molecular weight excluding hydrogens is 372 g/mol. The van der Waals surface area contributed by atoms with E-state index >= 15 is 0 Å². The number of aryl methyl sites for hydroxylation is 1. The highest BCUT2D eigenvalue weighted by Gasteiger charge is 2.17. The van der Waals surface area contributed by atoms with Crippen molar-refractivity contribution in [3.63, 3.8) is 0 Å². The summed E-state index contributed by atoms with van der Waals surface area (Å²) in [5, 5.41) is 8.31. The number of carbonyl (C=O) groups excluding carboxylic acids is 1. The molecule has 0 saturated carbocycles. The highest BCUT2D eigenvalue weighted by Crippen LogP contribution is 2.29. The van der Waals surface area contributed by atoms with E-state index in [0.717, 1.165) is 5.56 Å². The minimum absolute atomic E-state index is 0.0379. The Morgan fingerprint density at radius 2 is 1.86 bits per heavy atom. The van der Waals surface area contributed by atoms with E-state index in [4.69, 9.17) is 9.47 Å². The highest BCUT2D eigenvalue weighted by atomic mass is 32.1. The maximum absolute atomic E-state index is 12.5. The second-order valence-corrected chi connectivity index (χ2v) is 7.33. The quantitative estimate of drug-likeness (QED) is 0.593. The van der Waals surface area contributed by atoms with Crippen LogP contribution in [0.1, 0.15) is 22.0 Å². The van der Waals surface area contributed by atoms with Crippen LogP contribution in [-0.2, 0) is 4.79 Å². The lowest BCUT2D eigenvalue weighted by Gasteiger charge is -2.18. The van der Waals surface area contributed by atoms with E-state index in [1.807, 2.05) is 11.4 Å². The third-order valence-electron chi connectivity index (χ3n) is 4.39. The maximum atomic E-state index is 12.5. The summed E-state index contributed by atoms with van der Waals surface area (Å²) in [5.41, 5.74) is 2.94. The largest absolute Gasteiger partial charge is 0.497 e. The fourth-order valence-corrected chi connectivity index (χ4v) is 3.71. The van der Waals surface area contributed by atoms with Crippen molar-refractivity contribution in [3.05, 3.63) is 76.0 Å². The second kappa shape index (κ2) is 9.39. The summed E-state index contributed by atoms with van der Waals surface area (Å²) < 4.78 is 10.5. The maximum Gasteiger partial charge on any atom is 0.238 e. The fraction of sp³-hybridized carbons (Fsp3) is 0.227. The van der Waals surface area contributed by atoms with Crippen molar-refractivity contribution >= 4 is 22.9 Å². The molecule has 0 fully saturated rings. The van der Waals surface area contributed by atoms with Gasteiger partial charge >= 0.3 is 0 Å². The highest BCUT2D eigenvalue weighted by molar-refractivity contribution is 7.10. The molecule has 0 unspecified atom stereocenters. The lowest BCUT2D eigenvalue weighted by Crippen LogP contribution is -2.31. The van der Waals surface area contributed by atoms with Crippen LogP contribution in [0.2, 0.25) is 0 Å². The van der Waals surface area contributed by atoms with Gasteiger partial charge < -0.3 is 14.8 Å². The Hall–Kier alpha value is -2.83. The van der Waals surface area contributed by atoms with Crippen molar-refractivity contribution in [2.75, 3.05) is 26.1 Å². The molecule has 6 heteroatoms. The van der Waals surface area contributed by atoms with Gasteiger partial charge in [-0.3, -0.25) is 10.1 Å². The third kappa shape index (κ3) is 4.91. The van der Waals surface area contributed by atoms with Gasteiger partial charge in [-0.2, -0.15) is 0 Å². The number of rotatable bonds is 8. The normalized spacial score (nSPS) is 11.7. The van der Waals surface area contributed by atoms with Crippen molar-refractivity contribution < 1.29 is 14.3 Å². The minimum atomic E-state index is -0.142. The number of hydrogen-bond donors (Lipinski definition) is 2. The van der Waals surface area contributed by atoms with E-state index < -0.39 is 0 Å². The Balaban J connectivity index is 1.70. The van der Waals surface area contributed by atoms with Gasteiger partial charge in [-0.15, -0.1) is 11.3 Å². The molecule has 0 aliphatic heterocycles. The number of carbonyl (C=O) groups is 1. The van der Waals surface area contributed by atoms with E-state index in [1.54, 1.807) is 43.8 Å². The molecule has 0 aliphatic carbocycles. The molecule has 2 aromatic carbocycles. The number of benzene rings is 2. The Morgan fingerprint density at radius 1 is 1.07 bits per heavy atom. The van der Waals surface area contributed by atoms with Crippen LogP contribution in [-0.4, -0.2) is 26.7 Å². The molecule has 0 aliphatic rings. The number of methoxy groups -OCH3 is 2. The van der Waals surface area contributed by atoms with Crippen LogP contribution in [0.15, 0.2) is 60.0 Å². The first-order valence-electron chi connectivity index (χ1n) is 8.96. The minimum Gasteiger partial charge on any atom is -0.497 e. The summed E-state index contributed by atoms with van der Waals surface area (Å²) in [7, 11) is 3.15. The molecule has 3 aromatic rings. The van der Waals surface area contributed by atoms with Crippen LogP contribution in [0.3, 0.4) is 0 Å². The first-order valence-corrected chi connectivity index (χ1v) is 9.84. The summed E-state index contributed by atoms with van der Waals surface area (Å²) in [4.78, 5) is 13.7. The average molecular weight is 397 g/mol. The van der Waals surface area contributed by atoms with E-state index in [0.29, 0.717) is 17.2 Å². The molecule has 2 N–H and O–H groups in total. The molecule has 1 heterocycles. The molecule has 0 radical (unpaired) electrons. The van der Waals surface area contributed by atoms with Crippen LogP contribution in [0.5, 0.6) is 11.5 Å². The standard InChI is InChI=1S/C22H24N2O3S/c1-15-6-8-16(9-7-15)22(20-5-4-12-28-20)23-14-21(25)24-18-11-10-17(26-2)13-19(18)27-3/h4-13,22-23H,14H2,1-3H3,(H,24,25)/t22-/m1/s1. The molecular formula is C22H24N2O3S. The number of hydrogen-bond acceptors (Lipinski definition) is 5. The Morgan fingerprint density at radius 3 is 2.50 bits per heavy atom. The summed E-state index contributed by atoms with van der Waals surface area (Å²) >= 11 is 1.67. The van der Waals surface area contributed by atoms with Gasteiger partial charge in [-0.05, 0) is 36.1 Å². The molecule has 0 spiro atoms. The first kappa shape index (κ1) is 19.9. The smallest absolute Gasteiger partial charge is 0.238 e. The SMILES string of the molecule is COc1ccc(NC(=O)CN[C@H](c2ccc(C)cc2)c2cccs2)c(OC)c1. The zero-order valence-corrected chi connectivity index (χ0v) is 17.0. The van der Waals surface area contributed by atoms with Gasteiger partial charge in [0, 0.05) is 10.9 Å². The van der Waals surface area contributed by atoms with E-state index in [1.165, 1.54) is 10.4 Å². The van der Waals surface area contributed by atoms with Crippen LogP contribution in [0.4, 0.5) is 5.69 Å². The summed E-state index contributed by atoms with van der Waals surface area (Å²) in [6.07, 6.45) is 0. The van der Waals surface area contributed by atoms with Gasteiger partial charge in [0.2, 0.25) is 5.91 Å². The second-order valence-electron chi connectivity index (χ2n) is 6.35. The first-order chi connectivity index (χ1) is 13.6. The van der Waals surface area contributed by atoms with Gasteiger partial charge in [0.1, 0.15) is 11.5 Å². The van der Waals surface area contributed by atoms with Gasteiger partial charge in [0.25, 0.3) is 0 Å². The molecule has 0 saturated heterocycles. The van der Waals surface area contributed by atoms with Crippen LogP contribution in [0.25, 0.3) is 0 Å². The monoisotopic (exact) mass is 396 g/mol. The van der Waals surface area contributed by atoms with Gasteiger partial charge in [0.15, 0.2) is 0 Å². The Kier molecular flexibility index (Phi) is 6.68. The zero-order valence-electron chi connectivity index (χ0n) is 16.2. The molecule has 3 rings (SSSR count). The van der Waals surface area contributed by atoms with Crippen LogP contribution >= 0.6 is 11.3 Å². The molecule has 28 heavy (non-hydrogen) atoms. The van der Waals surface area contributed by atoms with Crippen molar-refractivity contribution in [1.29, 1.82) is 0 Å². The summed E-state index contributed by atoms with van der Waals surface area (Å²) in [5.74, 6) is 1.09. The van der Waals surface area contributed by atoms with E-state index in [9.17, 15) is 4.79 Å². The van der Waals surface area contributed by atoms with Crippen LogP contribution < -0.4 is 20.1 Å². The molecule has 1 atom stereocenters. The number of nitrogens with one attached hydrogen (secondary N) is 2. The predicted octanol–water partition coefficient (Wildman–Crippen LogP) is 4.39. The van der Waals surface area contributed by atoms with Gasteiger partial charge in [-0.1, -0.05) is 35.9 Å². The van der Waals surface area contributed by atoms with Gasteiger partial charge in [-0.25, -0.2) is 0 Å².